The van der Waals surface area contributed by atoms with Crippen molar-refractivity contribution >= 4 is 40.0 Å². The van der Waals surface area contributed by atoms with Gasteiger partial charge >= 0.3 is 5.97 Å². The number of carbonyl (C=O) groups is 2. The number of para-hydroxylation sites is 1. The quantitative estimate of drug-likeness (QED) is 0.152. The lowest BCUT2D eigenvalue weighted by Crippen LogP contribution is -2.16. The Hall–Kier alpha value is -3.89. The van der Waals surface area contributed by atoms with E-state index in [-0.39, 0.29) is 18.3 Å². The van der Waals surface area contributed by atoms with Crippen molar-refractivity contribution in [2.75, 3.05) is 18.2 Å². The number of aromatic nitrogens is 3. The molecule has 0 saturated carbocycles. The molecule has 0 aliphatic rings. The average Bonchev–Trinajstić information content (AvgIpc) is 3.46. The number of nitrogens with zero attached hydrogens (tertiary/aromatic N) is 3. The van der Waals surface area contributed by atoms with Gasteiger partial charge in [-0.1, -0.05) is 66.4 Å². The standard InChI is InChI=1S/C27H26N4O4S2/c1-4-15-31-21(16-35-20-13-9-6-10-14-20)29-30-27(31)36-17-22(32)28-25-24(26(33)34-3)23(18(2)37-25)19-11-7-5-8-12-19/h4-14H,1,15-17H2,2-3H3,(H,28,32). The number of carbonyl (C=O) groups excluding carboxylic acids is 2. The predicted octanol–water partition coefficient (Wildman–Crippen LogP) is 5.60. The largest absolute Gasteiger partial charge is 0.486 e. The third-order valence-corrected chi connectivity index (χ3v) is 7.33. The summed E-state index contributed by atoms with van der Waals surface area (Å²) in [7, 11) is 1.33. The topological polar surface area (TPSA) is 95.3 Å². The van der Waals surface area contributed by atoms with Crippen LogP contribution in [0.3, 0.4) is 0 Å². The molecule has 0 radical (unpaired) electrons. The zero-order valence-electron chi connectivity index (χ0n) is 20.5. The second-order valence-corrected chi connectivity index (χ2v) is 10.00. The zero-order valence-corrected chi connectivity index (χ0v) is 22.1. The highest BCUT2D eigenvalue weighted by Gasteiger charge is 2.25. The fourth-order valence-electron chi connectivity index (χ4n) is 3.68. The third-order valence-electron chi connectivity index (χ3n) is 5.34. The van der Waals surface area contributed by atoms with E-state index in [4.69, 9.17) is 9.47 Å². The molecule has 10 heteroatoms. The van der Waals surface area contributed by atoms with Crippen molar-refractivity contribution in [2.45, 2.75) is 25.2 Å². The van der Waals surface area contributed by atoms with Crippen LogP contribution in [-0.4, -0.2) is 39.5 Å². The van der Waals surface area contributed by atoms with Crippen LogP contribution in [0, 0.1) is 6.92 Å². The Morgan fingerprint density at radius 2 is 1.81 bits per heavy atom. The molecule has 0 spiro atoms. The van der Waals surface area contributed by atoms with Crippen molar-refractivity contribution < 1.29 is 19.1 Å². The summed E-state index contributed by atoms with van der Waals surface area (Å²) in [6.45, 7) is 6.43. The maximum Gasteiger partial charge on any atom is 0.341 e. The first kappa shape index (κ1) is 26.2. The van der Waals surface area contributed by atoms with Crippen LogP contribution in [-0.2, 0) is 22.7 Å². The van der Waals surface area contributed by atoms with Crippen LogP contribution in [0.5, 0.6) is 5.75 Å². The van der Waals surface area contributed by atoms with E-state index in [0.29, 0.717) is 28.1 Å². The number of thioether (sulfide) groups is 1. The van der Waals surface area contributed by atoms with Crippen LogP contribution in [0.4, 0.5) is 5.00 Å². The van der Waals surface area contributed by atoms with Gasteiger partial charge in [-0.15, -0.1) is 28.1 Å². The Kier molecular flexibility index (Phi) is 8.76. The molecule has 0 bridgehead atoms. The van der Waals surface area contributed by atoms with Crippen LogP contribution in [0.25, 0.3) is 11.1 Å². The Bertz CT molecular complexity index is 1380. The number of nitrogens with one attached hydrogen (secondary N) is 1. The molecule has 37 heavy (non-hydrogen) atoms. The molecule has 2 aromatic heterocycles. The number of aryl methyl sites for hydroxylation is 1. The van der Waals surface area contributed by atoms with E-state index in [1.54, 1.807) is 6.08 Å². The van der Waals surface area contributed by atoms with E-state index in [2.05, 4.69) is 22.1 Å². The number of esters is 1. The van der Waals surface area contributed by atoms with E-state index in [1.165, 1.54) is 30.2 Å². The molecule has 4 aromatic rings. The molecule has 0 aliphatic heterocycles. The minimum Gasteiger partial charge on any atom is -0.486 e. The summed E-state index contributed by atoms with van der Waals surface area (Å²) >= 11 is 2.59. The number of hydrogen-bond acceptors (Lipinski definition) is 8. The van der Waals surface area contributed by atoms with Crippen LogP contribution < -0.4 is 10.1 Å². The third kappa shape index (κ3) is 6.28. The Balaban J connectivity index is 1.47. The molecule has 1 N–H and O–H groups in total. The van der Waals surface area contributed by atoms with Crippen molar-refractivity contribution in [1.82, 2.24) is 14.8 Å². The summed E-state index contributed by atoms with van der Waals surface area (Å²) in [6, 6.07) is 19.0. The lowest BCUT2D eigenvalue weighted by Gasteiger charge is -2.10. The van der Waals surface area contributed by atoms with Gasteiger partial charge < -0.3 is 14.8 Å². The molecule has 0 atom stereocenters. The van der Waals surface area contributed by atoms with Gasteiger partial charge in [0, 0.05) is 17.0 Å². The molecule has 2 heterocycles. The van der Waals surface area contributed by atoms with Crippen molar-refractivity contribution in [3.8, 4) is 16.9 Å². The summed E-state index contributed by atoms with van der Waals surface area (Å²) in [6.07, 6.45) is 1.74. The molecule has 8 nitrogen and oxygen atoms in total. The molecule has 190 valence electrons. The molecule has 0 fully saturated rings. The second kappa shape index (κ2) is 12.4. The number of benzene rings is 2. The van der Waals surface area contributed by atoms with Gasteiger partial charge in [0.25, 0.3) is 0 Å². The first-order valence-electron chi connectivity index (χ1n) is 11.4. The van der Waals surface area contributed by atoms with Gasteiger partial charge in [-0.05, 0) is 24.6 Å². The monoisotopic (exact) mass is 534 g/mol. The number of methoxy groups -OCH3 is 1. The van der Waals surface area contributed by atoms with E-state index < -0.39 is 5.97 Å². The highest BCUT2D eigenvalue weighted by Crippen LogP contribution is 2.40. The molecular formula is C27H26N4O4S2. The predicted molar refractivity (Wildman–Crippen MR) is 146 cm³/mol. The van der Waals surface area contributed by atoms with Crippen molar-refractivity contribution in [2.24, 2.45) is 0 Å². The zero-order chi connectivity index (χ0) is 26.2. The average molecular weight is 535 g/mol. The highest BCUT2D eigenvalue weighted by molar-refractivity contribution is 7.99. The lowest BCUT2D eigenvalue weighted by atomic mass is 10.0. The van der Waals surface area contributed by atoms with Gasteiger partial charge in [-0.3, -0.25) is 9.36 Å². The Morgan fingerprint density at radius 3 is 2.49 bits per heavy atom. The Labute approximate surface area is 223 Å². The summed E-state index contributed by atoms with van der Waals surface area (Å²) in [5, 5.41) is 12.4. The van der Waals surface area contributed by atoms with Gasteiger partial charge in [-0.2, -0.15) is 0 Å². The molecule has 0 unspecified atom stereocenters. The fraction of sp³-hybridized carbons (Fsp3) is 0.185. The van der Waals surface area contributed by atoms with E-state index in [9.17, 15) is 9.59 Å². The number of ether oxygens (including phenoxy) is 2. The number of allylic oxidation sites excluding steroid dienone is 1. The van der Waals surface area contributed by atoms with Crippen LogP contribution >= 0.6 is 23.1 Å². The molecule has 1 amide bonds. The van der Waals surface area contributed by atoms with Crippen molar-refractivity contribution in [3.63, 3.8) is 0 Å². The smallest absolute Gasteiger partial charge is 0.341 e. The molecule has 4 rings (SSSR count). The van der Waals surface area contributed by atoms with Crippen molar-refractivity contribution in [1.29, 1.82) is 0 Å². The van der Waals surface area contributed by atoms with E-state index in [1.807, 2.05) is 72.2 Å². The van der Waals surface area contributed by atoms with Crippen LogP contribution in [0.15, 0.2) is 78.5 Å². The van der Waals surface area contributed by atoms with Crippen LogP contribution in [0.2, 0.25) is 0 Å². The summed E-state index contributed by atoms with van der Waals surface area (Å²) in [5.74, 6) is 0.659. The summed E-state index contributed by atoms with van der Waals surface area (Å²) < 4.78 is 12.7. The van der Waals surface area contributed by atoms with E-state index >= 15 is 0 Å². The van der Waals surface area contributed by atoms with Gasteiger partial charge in [0.15, 0.2) is 11.0 Å². The van der Waals surface area contributed by atoms with E-state index in [0.717, 1.165) is 21.8 Å². The van der Waals surface area contributed by atoms with Gasteiger partial charge in [0.05, 0.1) is 12.9 Å². The number of hydrogen-bond donors (Lipinski definition) is 1. The molecular weight excluding hydrogens is 508 g/mol. The Morgan fingerprint density at radius 1 is 1.11 bits per heavy atom. The normalized spacial score (nSPS) is 10.6. The number of anilines is 1. The number of amides is 1. The first-order chi connectivity index (χ1) is 18.0. The van der Waals surface area contributed by atoms with Crippen LogP contribution in [0.1, 0.15) is 21.1 Å². The minimum atomic E-state index is -0.500. The molecule has 2 aromatic carbocycles. The first-order valence-corrected chi connectivity index (χ1v) is 13.2. The minimum absolute atomic E-state index is 0.0764. The molecule has 0 aliphatic carbocycles. The van der Waals surface area contributed by atoms with Crippen molar-refractivity contribution in [3.05, 3.63) is 89.6 Å². The number of rotatable bonds is 11. The second-order valence-electron chi connectivity index (χ2n) is 7.83. The maximum absolute atomic E-state index is 12.9. The maximum atomic E-state index is 12.9. The fourth-order valence-corrected chi connectivity index (χ4v) is 5.53. The summed E-state index contributed by atoms with van der Waals surface area (Å²) in [4.78, 5) is 26.5. The summed E-state index contributed by atoms with van der Waals surface area (Å²) in [5.41, 5.74) is 1.99. The molecule has 0 saturated heterocycles. The van der Waals surface area contributed by atoms with Gasteiger partial charge in [-0.25, -0.2) is 4.79 Å². The van der Waals surface area contributed by atoms with Gasteiger partial charge in [0.2, 0.25) is 5.91 Å². The SMILES string of the molecule is C=CCn1c(COc2ccccc2)nnc1SCC(=O)Nc1sc(C)c(-c2ccccc2)c1C(=O)OC. The van der Waals surface area contributed by atoms with Gasteiger partial charge in [0.1, 0.15) is 22.9 Å². The highest BCUT2D eigenvalue weighted by atomic mass is 32.2. The lowest BCUT2D eigenvalue weighted by molar-refractivity contribution is -0.113. The number of thiophene rings is 1.